The highest BCUT2D eigenvalue weighted by molar-refractivity contribution is 6.04. The first kappa shape index (κ1) is 19.4. The van der Waals surface area contributed by atoms with Gasteiger partial charge in [0.05, 0.1) is 13.2 Å². The van der Waals surface area contributed by atoms with Crippen molar-refractivity contribution >= 4 is 18.0 Å². The highest BCUT2D eigenvalue weighted by Gasteiger charge is 2.49. The summed E-state index contributed by atoms with van der Waals surface area (Å²) in [4.78, 5) is 25.1. The van der Waals surface area contributed by atoms with Crippen LogP contribution < -0.4 is 0 Å². The van der Waals surface area contributed by atoms with Gasteiger partial charge in [0.1, 0.15) is 0 Å². The summed E-state index contributed by atoms with van der Waals surface area (Å²) in [5.41, 5.74) is -0.374. The fraction of sp³-hybridized carbons (Fsp3) is 0.300. The summed E-state index contributed by atoms with van der Waals surface area (Å²) in [6.07, 6.45) is 4.99. The van der Waals surface area contributed by atoms with Crippen molar-refractivity contribution in [3.63, 3.8) is 0 Å². The summed E-state index contributed by atoms with van der Waals surface area (Å²) in [7, 11) is 0. The maximum Gasteiger partial charge on any atom is 0.328 e. The quantitative estimate of drug-likeness (QED) is 0.298. The smallest absolute Gasteiger partial charge is 0.328 e. The van der Waals surface area contributed by atoms with Crippen LogP contribution in [-0.2, 0) is 19.1 Å². The lowest BCUT2D eigenvalue weighted by Crippen LogP contribution is -2.43. The molecule has 0 aliphatic rings. The van der Waals surface area contributed by atoms with Crippen LogP contribution in [0.1, 0.15) is 25.8 Å². The van der Waals surface area contributed by atoms with Gasteiger partial charge in [-0.25, -0.2) is 0 Å². The first-order valence-corrected chi connectivity index (χ1v) is 7.90. The number of carbonyl (C=O) groups excluding carboxylic acids is 2. The maximum absolute atomic E-state index is 12.6. The van der Waals surface area contributed by atoms with Gasteiger partial charge in [0.25, 0.3) is 0 Å². The van der Waals surface area contributed by atoms with E-state index in [-0.39, 0.29) is 19.6 Å². The molecule has 1 aromatic carbocycles. The molecule has 0 unspecified atom stereocenters. The van der Waals surface area contributed by atoms with Gasteiger partial charge in [-0.1, -0.05) is 55.1 Å². The van der Waals surface area contributed by atoms with Crippen molar-refractivity contribution in [1.29, 1.82) is 0 Å². The van der Waals surface area contributed by atoms with Crippen LogP contribution >= 0.6 is 0 Å². The molecule has 0 saturated heterocycles. The van der Waals surface area contributed by atoms with E-state index in [2.05, 4.69) is 13.2 Å². The normalized spacial score (nSPS) is 11.1. The number of ether oxygens (including phenoxy) is 2. The summed E-state index contributed by atoms with van der Waals surface area (Å²) in [6, 6.07) is 9.53. The standard InChI is InChI=1S/C20H24O4/c1-5-15-20(18(21)23-6-2,19(22)24-7-3)16(4)13-14-17-11-9-8-10-12-17/h5,8-14H,1,4,6-7,15H2,2-3H3/b14-13+. The zero-order valence-electron chi connectivity index (χ0n) is 14.3. The SMILES string of the molecule is C=CCC(C(=C)/C=C/c1ccccc1)(C(=O)OCC)C(=O)OCC. The van der Waals surface area contributed by atoms with Gasteiger partial charge in [-0.15, -0.1) is 6.58 Å². The van der Waals surface area contributed by atoms with E-state index in [1.807, 2.05) is 30.3 Å². The Morgan fingerprint density at radius 1 is 1.08 bits per heavy atom. The Kier molecular flexibility index (Phi) is 7.69. The lowest BCUT2D eigenvalue weighted by atomic mass is 9.77. The van der Waals surface area contributed by atoms with Crippen molar-refractivity contribution in [2.45, 2.75) is 20.3 Å². The van der Waals surface area contributed by atoms with Crippen molar-refractivity contribution in [3.8, 4) is 0 Å². The van der Waals surface area contributed by atoms with Gasteiger partial charge in [-0.05, 0) is 31.4 Å². The fourth-order valence-corrected chi connectivity index (χ4v) is 2.27. The predicted octanol–water partition coefficient (Wildman–Crippen LogP) is 3.94. The van der Waals surface area contributed by atoms with E-state index in [0.717, 1.165) is 5.56 Å². The molecule has 0 aliphatic carbocycles. The molecular formula is C20H24O4. The first-order valence-electron chi connectivity index (χ1n) is 7.90. The Hall–Kier alpha value is -2.62. The number of carbonyl (C=O) groups is 2. The minimum Gasteiger partial charge on any atom is -0.465 e. The zero-order valence-corrected chi connectivity index (χ0v) is 14.3. The summed E-state index contributed by atoms with van der Waals surface area (Å²) in [5, 5.41) is 0. The second kappa shape index (κ2) is 9.50. The highest BCUT2D eigenvalue weighted by Crippen LogP contribution is 2.35. The number of hydrogen-bond donors (Lipinski definition) is 0. The van der Waals surface area contributed by atoms with Crippen LogP contribution in [0.5, 0.6) is 0 Å². The number of allylic oxidation sites excluding steroid dienone is 2. The number of rotatable bonds is 9. The van der Waals surface area contributed by atoms with Crippen LogP contribution in [0.25, 0.3) is 6.08 Å². The van der Waals surface area contributed by atoms with E-state index in [4.69, 9.17) is 9.47 Å². The average molecular weight is 328 g/mol. The van der Waals surface area contributed by atoms with Crippen molar-refractivity contribution in [1.82, 2.24) is 0 Å². The van der Waals surface area contributed by atoms with Gasteiger partial charge >= 0.3 is 11.9 Å². The van der Waals surface area contributed by atoms with Gasteiger partial charge < -0.3 is 9.47 Å². The Bertz CT molecular complexity index is 596. The molecule has 128 valence electrons. The lowest BCUT2D eigenvalue weighted by molar-refractivity contribution is -0.168. The van der Waals surface area contributed by atoms with E-state index < -0.39 is 17.4 Å². The summed E-state index contributed by atoms with van der Waals surface area (Å²) in [6.45, 7) is 11.3. The summed E-state index contributed by atoms with van der Waals surface area (Å²) < 4.78 is 10.2. The second-order valence-electron chi connectivity index (χ2n) is 5.11. The van der Waals surface area contributed by atoms with Crippen molar-refractivity contribution < 1.29 is 19.1 Å². The van der Waals surface area contributed by atoms with Crippen molar-refractivity contribution in [2.24, 2.45) is 5.41 Å². The summed E-state index contributed by atoms with van der Waals surface area (Å²) >= 11 is 0. The fourth-order valence-electron chi connectivity index (χ4n) is 2.27. The maximum atomic E-state index is 12.6. The molecule has 0 heterocycles. The third-order valence-electron chi connectivity index (χ3n) is 3.52. The predicted molar refractivity (Wildman–Crippen MR) is 95.1 cm³/mol. The minimum absolute atomic E-state index is 0.0582. The van der Waals surface area contributed by atoms with E-state index in [1.165, 1.54) is 6.08 Å². The average Bonchev–Trinajstić information content (AvgIpc) is 2.58. The Morgan fingerprint density at radius 3 is 2.08 bits per heavy atom. The molecule has 0 bridgehead atoms. The van der Waals surface area contributed by atoms with Gasteiger partial charge in [-0.2, -0.15) is 0 Å². The molecule has 0 spiro atoms. The first-order chi connectivity index (χ1) is 11.5. The third-order valence-corrected chi connectivity index (χ3v) is 3.52. The molecule has 0 fully saturated rings. The molecule has 4 nitrogen and oxygen atoms in total. The Balaban J connectivity index is 3.25. The van der Waals surface area contributed by atoms with E-state index >= 15 is 0 Å². The van der Waals surface area contributed by atoms with E-state index in [0.29, 0.717) is 5.57 Å². The van der Waals surface area contributed by atoms with Crippen molar-refractivity contribution in [2.75, 3.05) is 13.2 Å². The molecule has 0 aliphatic heterocycles. The van der Waals surface area contributed by atoms with Crippen LogP contribution in [0, 0.1) is 5.41 Å². The zero-order chi connectivity index (χ0) is 18.0. The Labute approximate surface area is 143 Å². The molecule has 0 atom stereocenters. The second-order valence-corrected chi connectivity index (χ2v) is 5.11. The number of benzene rings is 1. The third kappa shape index (κ3) is 4.44. The molecular weight excluding hydrogens is 304 g/mol. The highest BCUT2D eigenvalue weighted by atomic mass is 16.6. The molecule has 1 rings (SSSR count). The molecule has 0 aromatic heterocycles. The molecule has 0 N–H and O–H groups in total. The topological polar surface area (TPSA) is 52.6 Å². The van der Waals surface area contributed by atoms with E-state index in [1.54, 1.807) is 26.0 Å². The van der Waals surface area contributed by atoms with Gasteiger partial charge in [0.15, 0.2) is 5.41 Å². The Morgan fingerprint density at radius 2 is 1.62 bits per heavy atom. The summed E-state index contributed by atoms with van der Waals surface area (Å²) in [5.74, 6) is -1.35. The lowest BCUT2D eigenvalue weighted by Gasteiger charge is -2.28. The molecule has 4 heteroatoms. The van der Waals surface area contributed by atoms with Crippen LogP contribution in [0.15, 0.2) is 61.2 Å². The van der Waals surface area contributed by atoms with Crippen LogP contribution in [-0.4, -0.2) is 25.2 Å². The molecule has 24 heavy (non-hydrogen) atoms. The van der Waals surface area contributed by atoms with Crippen molar-refractivity contribution in [3.05, 3.63) is 66.8 Å². The minimum atomic E-state index is -1.61. The van der Waals surface area contributed by atoms with Gasteiger partial charge in [0, 0.05) is 0 Å². The van der Waals surface area contributed by atoms with Gasteiger partial charge in [0.2, 0.25) is 0 Å². The van der Waals surface area contributed by atoms with Gasteiger partial charge in [-0.3, -0.25) is 9.59 Å². The van der Waals surface area contributed by atoms with Crippen LogP contribution in [0.3, 0.4) is 0 Å². The molecule has 0 radical (unpaired) electrons. The monoisotopic (exact) mass is 328 g/mol. The number of esters is 2. The van der Waals surface area contributed by atoms with Crippen LogP contribution in [0.2, 0.25) is 0 Å². The van der Waals surface area contributed by atoms with E-state index in [9.17, 15) is 9.59 Å². The molecule has 0 saturated carbocycles. The largest absolute Gasteiger partial charge is 0.465 e. The van der Waals surface area contributed by atoms with Crippen LogP contribution in [0.4, 0.5) is 0 Å². The number of hydrogen-bond acceptors (Lipinski definition) is 4. The molecule has 1 aromatic rings. The molecule has 0 amide bonds.